The van der Waals surface area contributed by atoms with Gasteiger partial charge in [-0.2, -0.15) is 17.9 Å². The molecule has 0 fully saturated rings. The predicted octanol–water partition coefficient (Wildman–Crippen LogP) is 4.48. The largest absolute Gasteiger partial charge is 0.192 e. The van der Waals surface area contributed by atoms with Crippen LogP contribution in [-0.2, 0) is 6.42 Å². The summed E-state index contributed by atoms with van der Waals surface area (Å²) in [6.45, 7) is 0. The normalized spacial score (nSPS) is 10.1. The highest BCUT2D eigenvalue weighted by atomic mass is 32.1. The van der Waals surface area contributed by atoms with Gasteiger partial charge in [0.15, 0.2) is 0 Å². The Kier molecular flexibility index (Phi) is 5.06. The smallest absolute Gasteiger partial charge is 0.0991 e. The van der Waals surface area contributed by atoms with Crippen molar-refractivity contribution in [3.63, 3.8) is 0 Å². The summed E-state index contributed by atoms with van der Waals surface area (Å²) in [7, 11) is 0. The van der Waals surface area contributed by atoms with Crippen molar-refractivity contribution in [2.75, 3.05) is 5.75 Å². The average Bonchev–Trinajstić information content (AvgIpc) is 2.48. The molecule has 19 heavy (non-hydrogen) atoms. The van der Waals surface area contributed by atoms with E-state index in [9.17, 15) is 0 Å². The first kappa shape index (κ1) is 13.7. The van der Waals surface area contributed by atoms with Crippen molar-refractivity contribution in [2.45, 2.75) is 19.3 Å². The average molecular weight is 267 g/mol. The highest BCUT2D eigenvalue weighted by molar-refractivity contribution is 7.80. The van der Waals surface area contributed by atoms with Crippen LogP contribution < -0.4 is 0 Å². The molecule has 2 rings (SSSR count). The zero-order valence-electron chi connectivity index (χ0n) is 10.8. The van der Waals surface area contributed by atoms with E-state index in [1.54, 1.807) is 0 Å². The van der Waals surface area contributed by atoms with Crippen LogP contribution in [0.2, 0.25) is 0 Å². The van der Waals surface area contributed by atoms with Crippen LogP contribution in [0.4, 0.5) is 0 Å². The van der Waals surface area contributed by atoms with Gasteiger partial charge in [0.2, 0.25) is 0 Å². The molecular weight excluding hydrogens is 250 g/mol. The Bertz CT molecular complexity index is 549. The first-order chi connectivity index (χ1) is 9.33. The monoisotopic (exact) mass is 267 g/mol. The van der Waals surface area contributed by atoms with Crippen LogP contribution in [0.1, 0.15) is 24.0 Å². The summed E-state index contributed by atoms with van der Waals surface area (Å²) in [6.07, 6.45) is 3.48. The molecular formula is C17H17NS. The van der Waals surface area contributed by atoms with E-state index in [2.05, 4.69) is 43.0 Å². The van der Waals surface area contributed by atoms with E-state index >= 15 is 0 Å². The molecule has 0 radical (unpaired) electrons. The fourth-order valence-corrected chi connectivity index (χ4v) is 2.27. The number of aryl methyl sites for hydroxylation is 1. The first-order valence-electron chi connectivity index (χ1n) is 6.54. The molecule has 0 aliphatic rings. The van der Waals surface area contributed by atoms with E-state index in [-0.39, 0.29) is 0 Å². The number of hydrogen-bond acceptors (Lipinski definition) is 2. The van der Waals surface area contributed by atoms with E-state index in [0.29, 0.717) is 5.56 Å². The van der Waals surface area contributed by atoms with Crippen LogP contribution >= 0.6 is 12.6 Å². The van der Waals surface area contributed by atoms with Crippen LogP contribution in [0.5, 0.6) is 0 Å². The topological polar surface area (TPSA) is 23.8 Å². The minimum atomic E-state index is 0.701. The minimum absolute atomic E-state index is 0.701. The lowest BCUT2D eigenvalue weighted by Gasteiger charge is -2.04. The Hall–Kier alpha value is -1.72. The zero-order valence-corrected chi connectivity index (χ0v) is 11.7. The Labute approximate surface area is 120 Å². The third kappa shape index (κ3) is 3.87. The molecule has 0 amide bonds. The summed E-state index contributed by atoms with van der Waals surface area (Å²) < 4.78 is 0. The van der Waals surface area contributed by atoms with Crippen LogP contribution in [0.25, 0.3) is 11.1 Å². The second-order valence-corrected chi connectivity index (χ2v) is 5.01. The van der Waals surface area contributed by atoms with E-state index in [1.165, 1.54) is 24.0 Å². The Morgan fingerprint density at radius 1 is 0.842 bits per heavy atom. The lowest BCUT2D eigenvalue weighted by molar-refractivity contribution is 0.804. The summed E-state index contributed by atoms with van der Waals surface area (Å²) in [4.78, 5) is 0. The molecule has 0 N–H and O–H groups in total. The van der Waals surface area contributed by atoms with Gasteiger partial charge in [-0.15, -0.1) is 0 Å². The van der Waals surface area contributed by atoms with Gasteiger partial charge in [-0.1, -0.05) is 36.4 Å². The molecule has 0 saturated heterocycles. The third-order valence-electron chi connectivity index (χ3n) is 3.17. The second kappa shape index (κ2) is 7.01. The maximum absolute atomic E-state index is 8.78. The number of unbranched alkanes of at least 4 members (excludes halogenated alkanes) is 1. The number of thiol groups is 1. The molecule has 0 aromatic heterocycles. The maximum atomic E-state index is 8.78. The summed E-state index contributed by atoms with van der Waals surface area (Å²) >= 11 is 4.22. The molecule has 0 saturated carbocycles. The highest BCUT2D eigenvalue weighted by Crippen LogP contribution is 2.20. The predicted molar refractivity (Wildman–Crippen MR) is 83.4 cm³/mol. The highest BCUT2D eigenvalue weighted by Gasteiger charge is 1.99. The van der Waals surface area contributed by atoms with Gasteiger partial charge >= 0.3 is 0 Å². The second-order valence-electron chi connectivity index (χ2n) is 4.57. The zero-order chi connectivity index (χ0) is 13.5. The molecule has 0 aliphatic heterocycles. The molecule has 2 heteroatoms. The fourth-order valence-electron chi connectivity index (χ4n) is 2.04. The molecule has 1 nitrogen and oxygen atoms in total. The van der Waals surface area contributed by atoms with Gasteiger partial charge in [0, 0.05) is 0 Å². The molecule has 0 heterocycles. The van der Waals surface area contributed by atoms with Gasteiger partial charge < -0.3 is 0 Å². The van der Waals surface area contributed by atoms with Crippen LogP contribution in [0.15, 0.2) is 48.5 Å². The Balaban J connectivity index is 2.07. The number of hydrogen-bond donors (Lipinski definition) is 1. The lowest BCUT2D eigenvalue weighted by atomic mass is 10.0. The molecule has 2 aromatic carbocycles. The van der Waals surface area contributed by atoms with E-state index < -0.39 is 0 Å². The van der Waals surface area contributed by atoms with Gasteiger partial charge in [-0.3, -0.25) is 0 Å². The van der Waals surface area contributed by atoms with Crippen molar-refractivity contribution in [1.29, 1.82) is 5.26 Å². The number of benzene rings is 2. The van der Waals surface area contributed by atoms with Gasteiger partial charge in [0.05, 0.1) is 11.6 Å². The third-order valence-corrected chi connectivity index (χ3v) is 3.49. The number of rotatable bonds is 5. The molecule has 96 valence electrons. The molecule has 0 atom stereocenters. The molecule has 0 bridgehead atoms. The number of nitrogens with zero attached hydrogens (tertiary/aromatic N) is 1. The fraction of sp³-hybridized carbons (Fsp3) is 0.235. The van der Waals surface area contributed by atoms with Crippen molar-refractivity contribution < 1.29 is 0 Å². The quantitative estimate of drug-likeness (QED) is 0.627. The van der Waals surface area contributed by atoms with Gasteiger partial charge in [-0.05, 0) is 53.8 Å². The van der Waals surface area contributed by atoms with Crippen molar-refractivity contribution in [1.82, 2.24) is 0 Å². The van der Waals surface area contributed by atoms with Crippen LogP contribution in [0.3, 0.4) is 0 Å². The Morgan fingerprint density at radius 2 is 1.42 bits per heavy atom. The number of nitriles is 1. The van der Waals surface area contributed by atoms with Gasteiger partial charge in [-0.25, -0.2) is 0 Å². The lowest BCUT2D eigenvalue weighted by Crippen LogP contribution is -1.87. The molecule has 2 aromatic rings. The summed E-state index contributed by atoms with van der Waals surface area (Å²) in [5, 5.41) is 8.78. The Morgan fingerprint density at radius 3 is 1.95 bits per heavy atom. The van der Waals surface area contributed by atoms with Crippen LogP contribution in [0, 0.1) is 11.3 Å². The minimum Gasteiger partial charge on any atom is -0.192 e. The SMILES string of the molecule is N#Cc1ccc(-c2ccc(CCCCS)cc2)cc1. The first-order valence-corrected chi connectivity index (χ1v) is 7.17. The standard InChI is InChI=1S/C17H17NS/c18-13-15-6-10-17(11-7-15)16-8-4-14(5-9-16)3-1-2-12-19/h4-11,19H,1-3,12H2. The summed E-state index contributed by atoms with van der Waals surface area (Å²) in [5.41, 5.74) is 4.43. The van der Waals surface area contributed by atoms with Crippen molar-refractivity contribution in [2.24, 2.45) is 0 Å². The van der Waals surface area contributed by atoms with E-state index in [0.717, 1.165) is 17.7 Å². The van der Waals surface area contributed by atoms with Gasteiger partial charge in [0.25, 0.3) is 0 Å². The summed E-state index contributed by atoms with van der Waals surface area (Å²) in [5.74, 6) is 0.962. The molecule has 0 aliphatic carbocycles. The van der Waals surface area contributed by atoms with Crippen molar-refractivity contribution in [3.8, 4) is 17.2 Å². The maximum Gasteiger partial charge on any atom is 0.0991 e. The van der Waals surface area contributed by atoms with Gasteiger partial charge in [0.1, 0.15) is 0 Å². The molecule has 0 spiro atoms. The van der Waals surface area contributed by atoms with E-state index in [1.807, 2.05) is 24.3 Å². The van der Waals surface area contributed by atoms with E-state index in [4.69, 9.17) is 5.26 Å². The van der Waals surface area contributed by atoms with Crippen molar-refractivity contribution >= 4 is 12.6 Å². The van der Waals surface area contributed by atoms with Crippen LogP contribution in [-0.4, -0.2) is 5.75 Å². The molecule has 0 unspecified atom stereocenters. The summed E-state index contributed by atoms with van der Waals surface area (Å²) in [6, 6.07) is 18.5. The van der Waals surface area contributed by atoms with Crippen molar-refractivity contribution in [3.05, 3.63) is 59.7 Å².